The average molecular weight is 202 g/mol. The van der Waals surface area contributed by atoms with Crippen LogP contribution in [0.25, 0.3) is 0 Å². The van der Waals surface area contributed by atoms with E-state index in [4.69, 9.17) is 5.21 Å². The SMILES string of the molecule is ONc1cnccc1Nc1ccccn1. The van der Waals surface area contributed by atoms with Crippen LogP contribution in [-0.4, -0.2) is 15.2 Å². The molecule has 5 nitrogen and oxygen atoms in total. The van der Waals surface area contributed by atoms with Crippen LogP contribution in [-0.2, 0) is 0 Å². The molecule has 0 aliphatic rings. The van der Waals surface area contributed by atoms with Crippen LogP contribution < -0.4 is 10.8 Å². The first-order valence-electron chi connectivity index (χ1n) is 4.42. The van der Waals surface area contributed by atoms with Gasteiger partial charge in [0.15, 0.2) is 0 Å². The van der Waals surface area contributed by atoms with E-state index in [2.05, 4.69) is 20.8 Å². The van der Waals surface area contributed by atoms with Gasteiger partial charge in [0.05, 0.1) is 11.9 Å². The van der Waals surface area contributed by atoms with E-state index in [1.165, 1.54) is 6.20 Å². The summed E-state index contributed by atoms with van der Waals surface area (Å²) in [4.78, 5) is 7.98. The Balaban J connectivity index is 2.24. The molecule has 0 amide bonds. The van der Waals surface area contributed by atoms with Crippen molar-refractivity contribution in [1.82, 2.24) is 9.97 Å². The van der Waals surface area contributed by atoms with E-state index < -0.39 is 0 Å². The summed E-state index contributed by atoms with van der Waals surface area (Å²) in [7, 11) is 0. The van der Waals surface area contributed by atoms with Crippen molar-refractivity contribution in [3.8, 4) is 0 Å². The normalized spacial score (nSPS) is 9.67. The Morgan fingerprint density at radius 3 is 2.73 bits per heavy atom. The highest BCUT2D eigenvalue weighted by atomic mass is 16.5. The lowest BCUT2D eigenvalue weighted by molar-refractivity contribution is 0.389. The number of hydrogen-bond donors (Lipinski definition) is 3. The summed E-state index contributed by atoms with van der Waals surface area (Å²) in [5.41, 5.74) is 3.28. The minimum Gasteiger partial charge on any atom is -0.338 e. The summed E-state index contributed by atoms with van der Waals surface area (Å²) >= 11 is 0. The molecule has 0 aliphatic heterocycles. The van der Waals surface area contributed by atoms with Crippen molar-refractivity contribution in [2.75, 3.05) is 10.8 Å². The first-order chi connectivity index (χ1) is 7.40. The van der Waals surface area contributed by atoms with Crippen LogP contribution in [0.2, 0.25) is 0 Å². The molecule has 0 fully saturated rings. The van der Waals surface area contributed by atoms with Crippen molar-refractivity contribution >= 4 is 17.2 Å². The number of anilines is 3. The zero-order chi connectivity index (χ0) is 10.5. The lowest BCUT2D eigenvalue weighted by Crippen LogP contribution is -1.98. The van der Waals surface area contributed by atoms with Gasteiger partial charge in [-0.2, -0.15) is 0 Å². The maximum atomic E-state index is 8.85. The molecule has 2 heterocycles. The van der Waals surface area contributed by atoms with Crippen LogP contribution in [0.3, 0.4) is 0 Å². The van der Waals surface area contributed by atoms with Crippen molar-refractivity contribution in [3.05, 3.63) is 42.9 Å². The minimum atomic E-state index is 0.503. The minimum absolute atomic E-state index is 0.503. The summed E-state index contributed by atoms with van der Waals surface area (Å²) in [5, 5.41) is 11.9. The Labute approximate surface area is 86.8 Å². The van der Waals surface area contributed by atoms with Gasteiger partial charge in [-0.05, 0) is 18.2 Å². The van der Waals surface area contributed by atoms with Crippen molar-refractivity contribution in [2.45, 2.75) is 0 Å². The third-order valence-electron chi connectivity index (χ3n) is 1.87. The van der Waals surface area contributed by atoms with Crippen LogP contribution in [0.5, 0.6) is 0 Å². The van der Waals surface area contributed by atoms with Gasteiger partial charge >= 0.3 is 0 Å². The number of nitrogens with zero attached hydrogens (tertiary/aromatic N) is 2. The fourth-order valence-corrected chi connectivity index (χ4v) is 1.17. The fourth-order valence-electron chi connectivity index (χ4n) is 1.17. The zero-order valence-corrected chi connectivity index (χ0v) is 7.88. The lowest BCUT2D eigenvalue weighted by atomic mass is 10.3. The average Bonchev–Trinajstić information content (AvgIpc) is 2.31. The van der Waals surface area contributed by atoms with Gasteiger partial charge in [0.25, 0.3) is 0 Å². The molecule has 0 saturated carbocycles. The van der Waals surface area contributed by atoms with Gasteiger partial charge < -0.3 is 5.32 Å². The maximum Gasteiger partial charge on any atom is 0.130 e. The van der Waals surface area contributed by atoms with Gasteiger partial charge in [0.1, 0.15) is 11.5 Å². The molecule has 0 bridgehead atoms. The topological polar surface area (TPSA) is 70.1 Å². The lowest BCUT2D eigenvalue weighted by Gasteiger charge is -2.08. The summed E-state index contributed by atoms with van der Waals surface area (Å²) in [6, 6.07) is 7.29. The van der Waals surface area contributed by atoms with Gasteiger partial charge in [0, 0.05) is 12.4 Å². The predicted octanol–water partition coefficient (Wildman–Crippen LogP) is 2.02. The van der Waals surface area contributed by atoms with Crippen molar-refractivity contribution < 1.29 is 5.21 Å². The molecular weight excluding hydrogens is 192 g/mol. The molecule has 2 rings (SSSR count). The van der Waals surface area contributed by atoms with E-state index in [1.54, 1.807) is 18.5 Å². The first-order valence-corrected chi connectivity index (χ1v) is 4.42. The van der Waals surface area contributed by atoms with E-state index in [-0.39, 0.29) is 0 Å². The number of aromatic nitrogens is 2. The van der Waals surface area contributed by atoms with Gasteiger partial charge in [-0.15, -0.1) is 0 Å². The zero-order valence-electron chi connectivity index (χ0n) is 7.88. The standard InChI is InChI=1S/C10H10N4O/c15-14-9-7-11-6-4-8(9)13-10-3-1-2-5-12-10/h1-7,14-15H,(H,11,12,13). The number of pyridine rings is 2. The molecule has 2 aromatic rings. The second-order valence-corrected chi connectivity index (χ2v) is 2.87. The van der Waals surface area contributed by atoms with E-state index >= 15 is 0 Å². The van der Waals surface area contributed by atoms with Crippen LogP contribution in [0, 0.1) is 0 Å². The molecule has 0 saturated heterocycles. The Hall–Kier alpha value is -2.14. The van der Waals surface area contributed by atoms with Crippen molar-refractivity contribution in [1.29, 1.82) is 0 Å². The Bertz CT molecular complexity index is 432. The Kier molecular flexibility index (Phi) is 2.75. The molecule has 15 heavy (non-hydrogen) atoms. The predicted molar refractivity (Wildman–Crippen MR) is 57.2 cm³/mol. The Morgan fingerprint density at radius 1 is 1.07 bits per heavy atom. The molecule has 0 unspecified atom stereocenters. The highest BCUT2D eigenvalue weighted by Gasteiger charge is 2.01. The molecule has 0 aliphatic carbocycles. The number of rotatable bonds is 3. The van der Waals surface area contributed by atoms with Crippen LogP contribution in [0.4, 0.5) is 17.2 Å². The number of nitrogens with one attached hydrogen (secondary N) is 2. The third-order valence-corrected chi connectivity index (χ3v) is 1.87. The second kappa shape index (κ2) is 4.39. The van der Waals surface area contributed by atoms with Gasteiger partial charge in [-0.25, -0.2) is 4.98 Å². The highest BCUT2D eigenvalue weighted by Crippen LogP contribution is 2.21. The summed E-state index contributed by atoms with van der Waals surface area (Å²) in [5.74, 6) is 0.709. The maximum absolute atomic E-state index is 8.85. The quantitative estimate of drug-likeness (QED) is 0.664. The largest absolute Gasteiger partial charge is 0.338 e. The molecule has 3 N–H and O–H groups in total. The molecule has 2 aromatic heterocycles. The molecule has 76 valence electrons. The highest BCUT2D eigenvalue weighted by molar-refractivity contribution is 5.71. The molecule has 0 atom stereocenters. The number of hydrogen-bond acceptors (Lipinski definition) is 5. The van der Waals surface area contributed by atoms with Crippen LogP contribution in [0.15, 0.2) is 42.9 Å². The molecule has 0 spiro atoms. The summed E-state index contributed by atoms with van der Waals surface area (Å²) in [6.07, 6.45) is 4.84. The van der Waals surface area contributed by atoms with E-state index in [9.17, 15) is 0 Å². The smallest absolute Gasteiger partial charge is 0.130 e. The van der Waals surface area contributed by atoms with Gasteiger partial charge in [-0.3, -0.25) is 15.7 Å². The molecule has 0 aromatic carbocycles. The fraction of sp³-hybridized carbons (Fsp3) is 0. The third kappa shape index (κ3) is 2.21. The van der Waals surface area contributed by atoms with Crippen LogP contribution in [0.1, 0.15) is 0 Å². The van der Waals surface area contributed by atoms with Crippen molar-refractivity contribution in [2.24, 2.45) is 0 Å². The monoisotopic (exact) mass is 202 g/mol. The summed E-state index contributed by atoms with van der Waals surface area (Å²) < 4.78 is 0. The van der Waals surface area contributed by atoms with Crippen molar-refractivity contribution in [3.63, 3.8) is 0 Å². The van der Waals surface area contributed by atoms with E-state index in [0.29, 0.717) is 17.2 Å². The molecule has 0 radical (unpaired) electrons. The second-order valence-electron chi connectivity index (χ2n) is 2.87. The summed E-state index contributed by atoms with van der Waals surface area (Å²) in [6.45, 7) is 0. The van der Waals surface area contributed by atoms with Crippen LogP contribution >= 0.6 is 0 Å². The first kappa shape index (κ1) is 9.42. The van der Waals surface area contributed by atoms with Gasteiger partial charge in [-0.1, -0.05) is 6.07 Å². The Morgan fingerprint density at radius 2 is 2.00 bits per heavy atom. The van der Waals surface area contributed by atoms with E-state index in [1.807, 2.05) is 18.2 Å². The molecular formula is C10H10N4O. The van der Waals surface area contributed by atoms with Gasteiger partial charge in [0.2, 0.25) is 0 Å². The molecule has 5 heteroatoms. The van der Waals surface area contributed by atoms with E-state index in [0.717, 1.165) is 0 Å².